The fourth-order valence-corrected chi connectivity index (χ4v) is 3.85. The molecule has 1 unspecified atom stereocenters. The summed E-state index contributed by atoms with van der Waals surface area (Å²) < 4.78 is 53.8. The van der Waals surface area contributed by atoms with Gasteiger partial charge in [-0.25, -0.2) is 23.2 Å². The second kappa shape index (κ2) is 9.90. The van der Waals surface area contributed by atoms with Crippen molar-refractivity contribution >= 4 is 40.3 Å². The molecule has 0 aliphatic carbocycles. The summed E-state index contributed by atoms with van der Waals surface area (Å²) >= 11 is -2.87. The van der Waals surface area contributed by atoms with Crippen molar-refractivity contribution in [3.63, 3.8) is 0 Å². The van der Waals surface area contributed by atoms with Crippen molar-refractivity contribution in [1.29, 1.82) is 0 Å². The number of nitrogens with one attached hydrogen (secondary N) is 2. The van der Waals surface area contributed by atoms with Gasteiger partial charge in [0.25, 0.3) is 5.91 Å². The highest BCUT2D eigenvalue weighted by Crippen LogP contribution is 2.29. The predicted octanol–water partition coefficient (Wildman–Crippen LogP) is 2.57. The minimum Gasteiger partial charge on any atom is -0.754 e. The first kappa shape index (κ1) is 22.7. The Morgan fingerprint density at radius 1 is 1.13 bits per heavy atom. The highest BCUT2D eigenvalue weighted by atomic mass is 32.2. The van der Waals surface area contributed by atoms with Crippen LogP contribution in [0.2, 0.25) is 0 Å². The lowest BCUT2D eigenvalue weighted by Crippen LogP contribution is -2.47. The standard InChI is InChI=1S/C19H21F2N5O4S/c1-12(27)23-16-8-5-13(11-22-16)24-19(28)17-14(20)6-7-15(18(17)21)26(31(29)30)25-9-3-2-4-10-25/h5-8,11H,2-4,9-10H2,1H3,(H,24,28)(H,29,30)(H,22,23,27)/p-1. The van der Waals surface area contributed by atoms with Gasteiger partial charge in [-0.15, -0.1) is 0 Å². The van der Waals surface area contributed by atoms with Gasteiger partial charge in [0.2, 0.25) is 5.91 Å². The maximum absolute atomic E-state index is 15.2. The van der Waals surface area contributed by atoms with Crippen molar-refractivity contribution in [3.8, 4) is 0 Å². The van der Waals surface area contributed by atoms with E-state index in [1.807, 2.05) is 0 Å². The second-order valence-electron chi connectivity index (χ2n) is 6.83. The van der Waals surface area contributed by atoms with Crippen molar-refractivity contribution in [1.82, 2.24) is 9.99 Å². The Morgan fingerprint density at radius 2 is 1.84 bits per heavy atom. The van der Waals surface area contributed by atoms with Crippen LogP contribution in [0.15, 0.2) is 30.5 Å². The number of pyridine rings is 1. The predicted molar refractivity (Wildman–Crippen MR) is 110 cm³/mol. The van der Waals surface area contributed by atoms with Crippen LogP contribution in [0.1, 0.15) is 36.5 Å². The smallest absolute Gasteiger partial charge is 0.261 e. The number of rotatable bonds is 6. The number of carbonyl (C=O) groups is 2. The summed E-state index contributed by atoms with van der Waals surface area (Å²) in [5.41, 5.74) is -1.24. The molecular formula is C19H20F2N5O4S-. The van der Waals surface area contributed by atoms with Gasteiger partial charge in [-0.05, 0) is 37.1 Å². The lowest BCUT2D eigenvalue weighted by atomic mass is 10.1. The second-order valence-corrected chi connectivity index (χ2v) is 7.61. The minimum absolute atomic E-state index is 0.128. The number of aromatic nitrogens is 1. The largest absolute Gasteiger partial charge is 0.754 e. The molecule has 166 valence electrons. The third kappa shape index (κ3) is 5.40. The zero-order valence-electron chi connectivity index (χ0n) is 16.6. The summed E-state index contributed by atoms with van der Waals surface area (Å²) in [6.07, 6.45) is 3.58. The number of carbonyl (C=O) groups excluding carboxylic acids is 2. The molecule has 0 bridgehead atoms. The first-order chi connectivity index (χ1) is 14.8. The minimum atomic E-state index is -2.87. The lowest BCUT2D eigenvalue weighted by molar-refractivity contribution is -0.114. The van der Waals surface area contributed by atoms with Crippen molar-refractivity contribution in [2.75, 3.05) is 28.1 Å². The van der Waals surface area contributed by atoms with Gasteiger partial charge in [0.15, 0.2) is 5.82 Å². The van der Waals surface area contributed by atoms with E-state index in [-0.39, 0.29) is 17.4 Å². The summed E-state index contributed by atoms with van der Waals surface area (Å²) in [5.74, 6) is -3.65. The molecule has 12 heteroatoms. The van der Waals surface area contributed by atoms with Crippen LogP contribution in [0.4, 0.5) is 26.0 Å². The van der Waals surface area contributed by atoms with Crippen LogP contribution < -0.4 is 15.0 Å². The highest BCUT2D eigenvalue weighted by Gasteiger charge is 2.28. The van der Waals surface area contributed by atoms with Crippen LogP contribution in [0.25, 0.3) is 0 Å². The Hall–Kier alpha value is -2.96. The molecule has 31 heavy (non-hydrogen) atoms. The average Bonchev–Trinajstić information content (AvgIpc) is 2.71. The maximum atomic E-state index is 15.2. The number of amides is 2. The number of benzene rings is 1. The molecule has 1 aliphatic rings. The summed E-state index contributed by atoms with van der Waals surface area (Å²) in [4.78, 5) is 27.5. The maximum Gasteiger partial charge on any atom is 0.261 e. The molecule has 9 nitrogen and oxygen atoms in total. The zero-order chi connectivity index (χ0) is 22.5. The molecule has 0 radical (unpaired) electrons. The van der Waals surface area contributed by atoms with E-state index < -0.39 is 40.1 Å². The lowest BCUT2D eigenvalue weighted by Gasteiger charge is -2.39. The van der Waals surface area contributed by atoms with E-state index in [2.05, 4.69) is 15.6 Å². The molecule has 1 atom stereocenters. The Labute approximate surface area is 179 Å². The molecule has 1 aromatic carbocycles. The van der Waals surface area contributed by atoms with E-state index in [0.29, 0.717) is 17.5 Å². The third-order valence-electron chi connectivity index (χ3n) is 4.56. The van der Waals surface area contributed by atoms with Crippen LogP contribution in [-0.4, -0.2) is 43.7 Å². The van der Waals surface area contributed by atoms with Gasteiger partial charge in [0.05, 0.1) is 23.2 Å². The molecule has 1 fully saturated rings. The van der Waals surface area contributed by atoms with Gasteiger partial charge < -0.3 is 15.2 Å². The summed E-state index contributed by atoms with van der Waals surface area (Å²) in [6, 6.07) is 4.62. The van der Waals surface area contributed by atoms with Crippen LogP contribution in [0.3, 0.4) is 0 Å². The molecule has 2 amide bonds. The molecule has 1 aromatic heterocycles. The number of anilines is 3. The SMILES string of the molecule is CC(=O)Nc1ccc(NC(=O)c2c(F)ccc(N(N3CCCCC3)S(=O)[O-])c2F)cn1. The quantitative estimate of drug-likeness (QED) is 0.651. The van der Waals surface area contributed by atoms with Gasteiger partial charge in [-0.3, -0.25) is 13.8 Å². The van der Waals surface area contributed by atoms with Gasteiger partial charge in [-0.1, -0.05) is 6.42 Å². The zero-order valence-corrected chi connectivity index (χ0v) is 17.4. The van der Waals surface area contributed by atoms with Crippen molar-refractivity contribution in [2.24, 2.45) is 0 Å². The van der Waals surface area contributed by atoms with Crippen LogP contribution in [0.5, 0.6) is 0 Å². The van der Waals surface area contributed by atoms with Crippen molar-refractivity contribution < 1.29 is 27.1 Å². The number of hydrogen-bond acceptors (Lipinski definition) is 6. The van der Waals surface area contributed by atoms with Gasteiger partial charge >= 0.3 is 0 Å². The molecule has 2 N–H and O–H groups in total. The number of hydrogen-bond donors (Lipinski definition) is 2. The normalized spacial score (nSPS) is 15.2. The highest BCUT2D eigenvalue weighted by molar-refractivity contribution is 7.80. The molecule has 0 saturated carbocycles. The summed E-state index contributed by atoms with van der Waals surface area (Å²) in [5, 5.41) is 6.20. The fraction of sp³-hybridized carbons (Fsp3) is 0.316. The number of halogens is 2. The molecular weight excluding hydrogens is 432 g/mol. The Bertz CT molecular complexity index is 1000. The Balaban J connectivity index is 1.87. The van der Waals surface area contributed by atoms with E-state index in [1.165, 1.54) is 30.3 Å². The topological polar surface area (TPSA) is 118 Å². The molecule has 2 heterocycles. The Kier molecular flexibility index (Phi) is 7.25. The molecule has 1 saturated heterocycles. The first-order valence-electron chi connectivity index (χ1n) is 9.45. The van der Waals surface area contributed by atoms with E-state index >= 15 is 4.39 Å². The van der Waals surface area contributed by atoms with E-state index in [0.717, 1.165) is 31.4 Å². The number of piperidine rings is 1. The van der Waals surface area contributed by atoms with Gasteiger partial charge in [0, 0.05) is 20.0 Å². The molecule has 1 aliphatic heterocycles. The average molecular weight is 452 g/mol. The van der Waals surface area contributed by atoms with Gasteiger partial charge in [-0.2, -0.15) is 0 Å². The molecule has 2 aromatic rings. The molecule has 0 spiro atoms. The fourth-order valence-electron chi connectivity index (χ4n) is 3.20. The number of hydrazine groups is 1. The van der Waals surface area contributed by atoms with Crippen molar-refractivity contribution in [2.45, 2.75) is 26.2 Å². The van der Waals surface area contributed by atoms with Crippen molar-refractivity contribution in [3.05, 3.63) is 47.7 Å². The van der Waals surface area contributed by atoms with Crippen LogP contribution in [-0.2, 0) is 16.1 Å². The monoisotopic (exact) mass is 452 g/mol. The van der Waals surface area contributed by atoms with Crippen LogP contribution >= 0.6 is 0 Å². The Morgan fingerprint density at radius 3 is 2.42 bits per heavy atom. The van der Waals surface area contributed by atoms with Crippen LogP contribution in [0, 0.1) is 11.6 Å². The first-order valence-corrected chi connectivity index (χ1v) is 10.5. The summed E-state index contributed by atoms with van der Waals surface area (Å²) in [7, 11) is 0. The van der Waals surface area contributed by atoms with E-state index in [4.69, 9.17) is 0 Å². The van der Waals surface area contributed by atoms with Gasteiger partial charge in [0.1, 0.15) is 22.9 Å². The third-order valence-corrected chi connectivity index (χ3v) is 5.27. The van der Waals surface area contributed by atoms with E-state index in [1.54, 1.807) is 0 Å². The summed E-state index contributed by atoms with van der Waals surface area (Å²) in [6.45, 7) is 2.08. The number of nitrogens with zero attached hydrogens (tertiary/aromatic N) is 3. The van der Waals surface area contributed by atoms with E-state index in [9.17, 15) is 22.7 Å². The molecule has 3 rings (SSSR count).